The summed E-state index contributed by atoms with van der Waals surface area (Å²) in [5.41, 5.74) is 1.46. The van der Waals surface area contributed by atoms with Crippen LogP contribution in [0.4, 0.5) is 4.39 Å². The van der Waals surface area contributed by atoms with Crippen LogP contribution >= 0.6 is 11.6 Å². The summed E-state index contributed by atoms with van der Waals surface area (Å²) in [4.78, 5) is 0. The van der Waals surface area contributed by atoms with Gasteiger partial charge < -0.3 is 10.1 Å². The van der Waals surface area contributed by atoms with Crippen LogP contribution in [0.1, 0.15) is 18.4 Å². The lowest BCUT2D eigenvalue weighted by Crippen LogP contribution is -2.40. The van der Waals surface area contributed by atoms with Crippen molar-refractivity contribution in [1.29, 1.82) is 0 Å². The van der Waals surface area contributed by atoms with E-state index in [2.05, 4.69) is 5.32 Å². The molecule has 0 spiro atoms. The second-order valence-corrected chi connectivity index (χ2v) is 5.94. The summed E-state index contributed by atoms with van der Waals surface area (Å²) in [7, 11) is 1.74. The van der Waals surface area contributed by atoms with Crippen LogP contribution in [0.3, 0.4) is 0 Å². The first-order valence-corrected chi connectivity index (χ1v) is 6.67. The van der Waals surface area contributed by atoms with E-state index in [9.17, 15) is 4.39 Å². The van der Waals surface area contributed by atoms with Gasteiger partial charge >= 0.3 is 0 Å². The molecule has 18 heavy (non-hydrogen) atoms. The minimum atomic E-state index is -0.344. The maximum absolute atomic E-state index is 13.3. The van der Waals surface area contributed by atoms with Crippen LogP contribution in [0.2, 0.25) is 5.02 Å². The van der Waals surface area contributed by atoms with Crippen LogP contribution in [-0.2, 0) is 10.2 Å². The topological polar surface area (TPSA) is 21.3 Å². The van der Waals surface area contributed by atoms with Crippen LogP contribution in [0.5, 0.6) is 0 Å². The lowest BCUT2D eigenvalue weighted by atomic mass is 9.81. The average Bonchev–Trinajstić information content (AvgIpc) is 3.03. The molecule has 2 atom stereocenters. The Balaban J connectivity index is 1.97. The van der Waals surface area contributed by atoms with Crippen molar-refractivity contribution in [3.05, 3.63) is 34.6 Å². The monoisotopic (exact) mass is 269 g/mol. The SMILES string of the molecule is COCC12CNCCC1(c1ccc(F)c(Cl)c1)C2. The normalized spacial score (nSPS) is 34.2. The summed E-state index contributed by atoms with van der Waals surface area (Å²) in [5.74, 6) is -0.344. The number of benzene rings is 1. The Morgan fingerprint density at radius 2 is 2.33 bits per heavy atom. The summed E-state index contributed by atoms with van der Waals surface area (Å²) < 4.78 is 18.7. The Bertz CT molecular complexity index is 477. The van der Waals surface area contributed by atoms with Crippen molar-refractivity contribution in [2.45, 2.75) is 18.3 Å². The number of piperidine rings is 1. The van der Waals surface area contributed by atoms with Gasteiger partial charge in [-0.15, -0.1) is 0 Å². The standard InChI is InChI=1S/C14H17ClFNO/c1-18-9-13-7-14(13,4-5-17-8-13)10-2-3-12(16)11(15)6-10/h2-3,6,17H,4-5,7-9H2,1H3. The molecule has 0 amide bonds. The van der Waals surface area contributed by atoms with Gasteiger partial charge in [0.25, 0.3) is 0 Å². The van der Waals surface area contributed by atoms with Crippen molar-refractivity contribution in [2.24, 2.45) is 5.41 Å². The van der Waals surface area contributed by atoms with Crippen molar-refractivity contribution in [3.8, 4) is 0 Å². The van der Waals surface area contributed by atoms with Crippen molar-refractivity contribution < 1.29 is 9.13 Å². The molecule has 1 N–H and O–H groups in total. The van der Waals surface area contributed by atoms with E-state index in [0.717, 1.165) is 38.1 Å². The van der Waals surface area contributed by atoms with Gasteiger partial charge in [0, 0.05) is 24.5 Å². The molecular weight excluding hydrogens is 253 g/mol. The molecule has 1 aromatic carbocycles. The fourth-order valence-corrected chi connectivity index (χ4v) is 3.79. The summed E-state index contributed by atoms with van der Waals surface area (Å²) in [5, 5.41) is 3.66. The second-order valence-electron chi connectivity index (χ2n) is 5.53. The maximum Gasteiger partial charge on any atom is 0.141 e. The molecule has 1 saturated heterocycles. The molecule has 1 saturated carbocycles. The Kier molecular flexibility index (Phi) is 2.88. The third-order valence-corrected chi connectivity index (χ3v) is 4.90. The van der Waals surface area contributed by atoms with Gasteiger partial charge in [-0.3, -0.25) is 0 Å². The van der Waals surface area contributed by atoms with E-state index in [1.807, 2.05) is 6.07 Å². The lowest BCUT2D eigenvalue weighted by molar-refractivity contribution is 0.116. The van der Waals surface area contributed by atoms with E-state index in [-0.39, 0.29) is 21.7 Å². The molecule has 3 rings (SSSR count). The molecule has 1 aliphatic heterocycles. The first-order chi connectivity index (χ1) is 8.63. The van der Waals surface area contributed by atoms with Gasteiger partial charge in [0.1, 0.15) is 5.82 Å². The smallest absolute Gasteiger partial charge is 0.141 e. The number of nitrogens with one attached hydrogen (secondary N) is 1. The largest absolute Gasteiger partial charge is 0.384 e. The lowest BCUT2D eigenvalue weighted by Gasteiger charge is -2.31. The molecule has 0 radical (unpaired) electrons. The highest BCUT2D eigenvalue weighted by molar-refractivity contribution is 6.30. The quantitative estimate of drug-likeness (QED) is 0.911. The molecule has 98 valence electrons. The predicted octanol–water partition coefficient (Wildman–Crippen LogP) is 2.75. The number of methoxy groups -OCH3 is 1. The van der Waals surface area contributed by atoms with E-state index in [1.54, 1.807) is 13.2 Å². The summed E-state index contributed by atoms with van der Waals surface area (Å²) in [6, 6.07) is 5.15. The fraction of sp³-hybridized carbons (Fsp3) is 0.571. The Labute approximate surface area is 111 Å². The predicted molar refractivity (Wildman–Crippen MR) is 69.5 cm³/mol. The molecule has 0 aromatic heterocycles. The van der Waals surface area contributed by atoms with Gasteiger partial charge in [0.05, 0.1) is 11.6 Å². The highest BCUT2D eigenvalue weighted by Gasteiger charge is 2.68. The van der Waals surface area contributed by atoms with Crippen LogP contribution in [0.15, 0.2) is 18.2 Å². The number of halogens is 2. The summed E-state index contributed by atoms with van der Waals surface area (Å²) >= 11 is 5.91. The Morgan fingerprint density at radius 1 is 1.50 bits per heavy atom. The summed E-state index contributed by atoms with van der Waals surface area (Å²) in [6.07, 6.45) is 2.17. The number of hydrogen-bond donors (Lipinski definition) is 1. The average molecular weight is 270 g/mol. The zero-order valence-corrected chi connectivity index (χ0v) is 11.2. The minimum Gasteiger partial charge on any atom is -0.384 e. The summed E-state index contributed by atoms with van der Waals surface area (Å²) in [6.45, 7) is 2.71. The van der Waals surface area contributed by atoms with Gasteiger partial charge in [-0.25, -0.2) is 4.39 Å². The van der Waals surface area contributed by atoms with Crippen molar-refractivity contribution in [1.82, 2.24) is 5.32 Å². The van der Waals surface area contributed by atoms with Crippen LogP contribution in [0, 0.1) is 11.2 Å². The Morgan fingerprint density at radius 3 is 3.06 bits per heavy atom. The molecule has 1 heterocycles. The van der Waals surface area contributed by atoms with Crippen LogP contribution in [0.25, 0.3) is 0 Å². The van der Waals surface area contributed by atoms with Gasteiger partial charge in [-0.2, -0.15) is 0 Å². The highest BCUT2D eigenvalue weighted by atomic mass is 35.5. The number of hydrogen-bond acceptors (Lipinski definition) is 2. The molecule has 2 fully saturated rings. The molecule has 1 aromatic rings. The first-order valence-electron chi connectivity index (χ1n) is 6.29. The van der Waals surface area contributed by atoms with Gasteiger partial charge in [-0.1, -0.05) is 17.7 Å². The maximum atomic E-state index is 13.3. The van der Waals surface area contributed by atoms with E-state index >= 15 is 0 Å². The Hall–Kier alpha value is -0.640. The molecule has 1 aliphatic carbocycles. The third-order valence-electron chi connectivity index (χ3n) is 4.62. The molecule has 2 unspecified atom stereocenters. The second kappa shape index (κ2) is 4.19. The van der Waals surface area contributed by atoms with Crippen LogP contribution < -0.4 is 5.32 Å². The van der Waals surface area contributed by atoms with Gasteiger partial charge in [-0.05, 0) is 37.1 Å². The number of rotatable bonds is 3. The highest BCUT2D eigenvalue weighted by Crippen LogP contribution is 2.67. The van der Waals surface area contributed by atoms with Crippen molar-refractivity contribution in [3.63, 3.8) is 0 Å². The van der Waals surface area contributed by atoms with Gasteiger partial charge in [0.2, 0.25) is 0 Å². The zero-order valence-electron chi connectivity index (χ0n) is 10.4. The third kappa shape index (κ3) is 1.61. The zero-order chi connectivity index (χ0) is 12.8. The van der Waals surface area contributed by atoms with E-state index < -0.39 is 0 Å². The van der Waals surface area contributed by atoms with Crippen LogP contribution in [-0.4, -0.2) is 26.8 Å². The molecule has 0 bridgehead atoms. The van der Waals surface area contributed by atoms with Crippen molar-refractivity contribution >= 4 is 11.6 Å². The fourth-order valence-electron chi connectivity index (χ4n) is 3.61. The van der Waals surface area contributed by atoms with E-state index in [0.29, 0.717) is 0 Å². The van der Waals surface area contributed by atoms with Crippen molar-refractivity contribution in [2.75, 3.05) is 26.8 Å². The van der Waals surface area contributed by atoms with E-state index in [4.69, 9.17) is 16.3 Å². The minimum absolute atomic E-state index is 0.131. The number of fused-ring (bicyclic) bond motifs is 1. The van der Waals surface area contributed by atoms with Gasteiger partial charge in [0.15, 0.2) is 0 Å². The first kappa shape index (κ1) is 12.4. The molecule has 4 heteroatoms. The molecule has 2 aliphatic rings. The molecular formula is C14H17ClFNO. The molecule has 2 nitrogen and oxygen atoms in total. The van der Waals surface area contributed by atoms with E-state index in [1.165, 1.54) is 6.07 Å². The number of ether oxygens (including phenoxy) is 1.